The second-order valence-electron chi connectivity index (χ2n) is 2.31. The first kappa shape index (κ1) is 9.49. The molecule has 0 aliphatic carbocycles. The fraction of sp³-hybridized carbons (Fsp3) is 1.00. The monoisotopic (exact) mass is 144 g/mol. The molecule has 1 nitrogen and oxygen atoms in total. The Kier molecular flexibility index (Phi) is 6.97. The SMILES string of the molecule is CCC[O][Al]([CH2]C)[CH2]C. The van der Waals surface area contributed by atoms with E-state index in [0.717, 1.165) is 6.61 Å². The van der Waals surface area contributed by atoms with Crippen molar-refractivity contribution in [1.29, 1.82) is 0 Å². The molecule has 9 heavy (non-hydrogen) atoms. The molecule has 0 fully saturated rings. The summed E-state index contributed by atoms with van der Waals surface area (Å²) in [7, 11) is 0. The minimum absolute atomic E-state index is 0.710. The normalized spacial score (nSPS) is 9.67. The standard InChI is InChI=1S/C3H7O.2C2H5.Al/c1-2-3-4;2*1-2;/h2-3H2,1H3;2*1H2,2H3;/q-1;;;+1. The largest absolute Gasteiger partial charge is 0.501 e. The van der Waals surface area contributed by atoms with Crippen molar-refractivity contribution in [2.24, 2.45) is 0 Å². The molecular formula is C7H17AlO. The quantitative estimate of drug-likeness (QED) is 0.538. The Balaban J connectivity index is 3.09. The van der Waals surface area contributed by atoms with E-state index in [2.05, 4.69) is 20.8 Å². The fourth-order valence-electron chi connectivity index (χ4n) is 0.809. The van der Waals surface area contributed by atoms with Crippen molar-refractivity contribution in [3.8, 4) is 0 Å². The summed E-state index contributed by atoms with van der Waals surface area (Å²) < 4.78 is 5.63. The van der Waals surface area contributed by atoms with E-state index in [9.17, 15) is 0 Å². The van der Waals surface area contributed by atoms with Crippen LogP contribution in [-0.2, 0) is 3.79 Å². The van der Waals surface area contributed by atoms with Crippen molar-refractivity contribution in [3.63, 3.8) is 0 Å². The molecule has 0 unspecified atom stereocenters. The van der Waals surface area contributed by atoms with E-state index < -0.39 is 14.5 Å². The minimum atomic E-state index is -0.710. The lowest BCUT2D eigenvalue weighted by Crippen LogP contribution is -2.15. The average molecular weight is 144 g/mol. The highest BCUT2D eigenvalue weighted by Gasteiger charge is 2.12. The molecule has 0 aliphatic rings. The maximum atomic E-state index is 5.63. The van der Waals surface area contributed by atoms with Crippen molar-refractivity contribution in [2.75, 3.05) is 6.61 Å². The van der Waals surface area contributed by atoms with Crippen molar-refractivity contribution in [3.05, 3.63) is 0 Å². The zero-order valence-corrected chi connectivity index (χ0v) is 7.97. The molecule has 54 valence electrons. The van der Waals surface area contributed by atoms with Crippen molar-refractivity contribution >= 4 is 14.5 Å². The average Bonchev–Trinajstić information content (AvgIpc) is 1.91. The molecule has 0 saturated carbocycles. The van der Waals surface area contributed by atoms with Gasteiger partial charge >= 0.3 is 14.5 Å². The van der Waals surface area contributed by atoms with Gasteiger partial charge in [0.15, 0.2) is 0 Å². The summed E-state index contributed by atoms with van der Waals surface area (Å²) in [5.74, 6) is 0. The third-order valence-corrected chi connectivity index (χ3v) is 4.00. The Labute approximate surface area is 63.1 Å². The molecule has 0 bridgehead atoms. The van der Waals surface area contributed by atoms with Gasteiger partial charge in [-0.2, -0.15) is 0 Å². The van der Waals surface area contributed by atoms with Gasteiger partial charge in [-0.05, 0) is 6.42 Å². The first-order chi connectivity index (χ1) is 4.35. The van der Waals surface area contributed by atoms with E-state index in [-0.39, 0.29) is 0 Å². The zero-order chi connectivity index (χ0) is 7.11. The fourth-order valence-corrected chi connectivity index (χ4v) is 2.43. The van der Waals surface area contributed by atoms with Gasteiger partial charge in [-0.3, -0.25) is 0 Å². The van der Waals surface area contributed by atoms with Crippen LogP contribution in [0.25, 0.3) is 0 Å². The van der Waals surface area contributed by atoms with Gasteiger partial charge < -0.3 is 3.79 Å². The third kappa shape index (κ3) is 4.96. The van der Waals surface area contributed by atoms with Gasteiger partial charge in [-0.25, -0.2) is 0 Å². The number of rotatable bonds is 5. The lowest BCUT2D eigenvalue weighted by atomic mass is 10.5. The summed E-state index contributed by atoms with van der Waals surface area (Å²) in [4.78, 5) is 0. The molecule has 0 atom stereocenters. The van der Waals surface area contributed by atoms with Crippen LogP contribution in [0.3, 0.4) is 0 Å². The Hall–Kier alpha value is 0.492. The molecular weight excluding hydrogens is 127 g/mol. The van der Waals surface area contributed by atoms with E-state index in [0.29, 0.717) is 0 Å². The predicted octanol–water partition coefficient (Wildman–Crippen LogP) is 2.44. The van der Waals surface area contributed by atoms with Gasteiger partial charge in [0, 0.05) is 6.61 Å². The maximum absolute atomic E-state index is 5.63. The second-order valence-corrected chi connectivity index (χ2v) is 5.52. The lowest BCUT2D eigenvalue weighted by Gasteiger charge is -2.06. The van der Waals surface area contributed by atoms with E-state index in [1.54, 1.807) is 0 Å². The van der Waals surface area contributed by atoms with Crippen LogP contribution < -0.4 is 0 Å². The van der Waals surface area contributed by atoms with Crippen molar-refractivity contribution in [1.82, 2.24) is 0 Å². The van der Waals surface area contributed by atoms with Crippen LogP contribution in [0.5, 0.6) is 0 Å². The van der Waals surface area contributed by atoms with E-state index >= 15 is 0 Å². The number of hydrogen-bond donors (Lipinski definition) is 0. The highest BCUT2D eigenvalue weighted by Crippen LogP contribution is 1.99. The molecule has 0 amide bonds. The number of hydrogen-bond acceptors (Lipinski definition) is 1. The van der Waals surface area contributed by atoms with Crippen LogP contribution in [0.4, 0.5) is 0 Å². The van der Waals surface area contributed by atoms with Crippen LogP contribution >= 0.6 is 0 Å². The van der Waals surface area contributed by atoms with Crippen LogP contribution in [0.2, 0.25) is 10.6 Å². The first-order valence-corrected chi connectivity index (χ1v) is 6.07. The molecule has 0 saturated heterocycles. The van der Waals surface area contributed by atoms with Crippen LogP contribution in [0.1, 0.15) is 27.2 Å². The third-order valence-electron chi connectivity index (χ3n) is 1.47. The summed E-state index contributed by atoms with van der Waals surface area (Å²) in [6.07, 6.45) is 1.17. The van der Waals surface area contributed by atoms with Gasteiger partial charge in [-0.1, -0.05) is 31.3 Å². The minimum Gasteiger partial charge on any atom is -0.501 e. The van der Waals surface area contributed by atoms with Crippen LogP contribution in [-0.4, -0.2) is 21.1 Å². The topological polar surface area (TPSA) is 9.23 Å². The van der Waals surface area contributed by atoms with Gasteiger partial charge in [0.2, 0.25) is 0 Å². The molecule has 0 spiro atoms. The van der Waals surface area contributed by atoms with Gasteiger partial charge in [0.1, 0.15) is 0 Å². The van der Waals surface area contributed by atoms with Gasteiger partial charge in [-0.15, -0.1) is 0 Å². The van der Waals surface area contributed by atoms with E-state index in [1.807, 2.05) is 0 Å². The molecule has 0 N–H and O–H groups in total. The van der Waals surface area contributed by atoms with E-state index in [1.165, 1.54) is 17.0 Å². The van der Waals surface area contributed by atoms with Crippen LogP contribution in [0.15, 0.2) is 0 Å². The maximum Gasteiger partial charge on any atom is 0.460 e. The summed E-state index contributed by atoms with van der Waals surface area (Å²) in [5, 5.41) is 2.58. The summed E-state index contributed by atoms with van der Waals surface area (Å²) in [6, 6.07) is 0. The smallest absolute Gasteiger partial charge is 0.460 e. The lowest BCUT2D eigenvalue weighted by molar-refractivity contribution is 0.319. The molecule has 0 aromatic rings. The molecule has 0 radical (unpaired) electrons. The summed E-state index contributed by atoms with van der Waals surface area (Å²) >= 11 is -0.710. The van der Waals surface area contributed by atoms with E-state index in [4.69, 9.17) is 3.79 Å². The Morgan fingerprint density at radius 1 is 1.11 bits per heavy atom. The Bertz CT molecular complexity index is 52.9. The molecule has 0 aromatic heterocycles. The first-order valence-electron chi connectivity index (χ1n) is 3.96. The van der Waals surface area contributed by atoms with Crippen molar-refractivity contribution in [2.45, 2.75) is 37.8 Å². The highest BCUT2D eigenvalue weighted by molar-refractivity contribution is 6.51. The Morgan fingerprint density at radius 3 is 2.00 bits per heavy atom. The second kappa shape index (κ2) is 6.61. The molecule has 0 heterocycles. The molecule has 2 heteroatoms. The van der Waals surface area contributed by atoms with Crippen molar-refractivity contribution < 1.29 is 3.79 Å². The summed E-state index contributed by atoms with van der Waals surface area (Å²) in [6.45, 7) is 7.61. The Morgan fingerprint density at radius 2 is 1.67 bits per heavy atom. The molecule has 0 rings (SSSR count). The molecule has 0 aromatic carbocycles. The zero-order valence-electron chi connectivity index (χ0n) is 6.81. The summed E-state index contributed by atoms with van der Waals surface area (Å²) in [5.41, 5.74) is 0. The predicted molar refractivity (Wildman–Crippen MR) is 43.0 cm³/mol. The van der Waals surface area contributed by atoms with Gasteiger partial charge in [0.05, 0.1) is 0 Å². The molecule has 0 aliphatic heterocycles. The van der Waals surface area contributed by atoms with Gasteiger partial charge in [0.25, 0.3) is 0 Å². The van der Waals surface area contributed by atoms with Crippen LogP contribution in [0, 0.1) is 0 Å². The highest BCUT2D eigenvalue weighted by atomic mass is 27.2.